The second-order valence-corrected chi connectivity index (χ2v) is 8.17. The van der Waals surface area contributed by atoms with E-state index in [-0.39, 0.29) is 16.9 Å². The number of hydrogen-bond acceptors (Lipinski definition) is 5. The average Bonchev–Trinajstić information content (AvgIpc) is 2.80. The Bertz CT molecular complexity index is 1150. The van der Waals surface area contributed by atoms with E-state index in [9.17, 15) is 18.8 Å². The predicted molar refractivity (Wildman–Crippen MR) is 123 cm³/mol. The number of thioether (sulfide) groups is 1. The lowest BCUT2D eigenvalue weighted by Crippen LogP contribution is -2.42. The van der Waals surface area contributed by atoms with Crippen LogP contribution >= 0.6 is 11.8 Å². The van der Waals surface area contributed by atoms with Gasteiger partial charge in [-0.3, -0.25) is 29.8 Å². The van der Waals surface area contributed by atoms with Gasteiger partial charge in [0.05, 0.1) is 16.7 Å². The number of aromatic nitrogens is 2. The Morgan fingerprint density at radius 3 is 2.53 bits per heavy atom. The first kappa shape index (κ1) is 23.5. The number of carbonyl (C=O) groups is 2. The van der Waals surface area contributed by atoms with Gasteiger partial charge in [-0.2, -0.15) is 0 Å². The van der Waals surface area contributed by atoms with E-state index >= 15 is 0 Å². The highest BCUT2D eigenvalue weighted by molar-refractivity contribution is 7.99. The Kier molecular flexibility index (Phi) is 8.38. The zero-order valence-corrected chi connectivity index (χ0v) is 18.6. The summed E-state index contributed by atoms with van der Waals surface area (Å²) in [4.78, 5) is 41.8. The standard InChI is InChI=1S/C23H25FN4O3S/c1-2-3-4-7-14-28-22(31)18-8-5-6-9-19(18)25-23(28)32-15-20(29)26-27-21(30)16-10-12-17(24)13-11-16/h5-6,8-13H,2-4,7,14-15H2,1H3,(H,26,29)(H,27,30). The van der Waals surface area contributed by atoms with Crippen LogP contribution in [0.5, 0.6) is 0 Å². The number of amides is 2. The molecule has 32 heavy (non-hydrogen) atoms. The topological polar surface area (TPSA) is 93.1 Å². The number of fused-ring (bicyclic) bond motifs is 1. The van der Waals surface area contributed by atoms with E-state index in [1.54, 1.807) is 22.8 Å². The number of nitrogens with one attached hydrogen (secondary N) is 2. The molecule has 2 N–H and O–H groups in total. The highest BCUT2D eigenvalue weighted by Gasteiger charge is 2.14. The van der Waals surface area contributed by atoms with Crippen LogP contribution in [-0.2, 0) is 11.3 Å². The van der Waals surface area contributed by atoms with Crippen molar-refractivity contribution in [1.29, 1.82) is 0 Å². The quantitative estimate of drug-likeness (QED) is 0.222. The molecule has 0 unspecified atom stereocenters. The number of halogens is 1. The smallest absolute Gasteiger partial charge is 0.269 e. The van der Waals surface area contributed by atoms with Crippen LogP contribution in [0.15, 0.2) is 58.5 Å². The van der Waals surface area contributed by atoms with Crippen molar-refractivity contribution < 1.29 is 14.0 Å². The Hall–Kier alpha value is -3.20. The number of nitrogens with zero attached hydrogens (tertiary/aromatic N) is 2. The fourth-order valence-corrected chi connectivity index (χ4v) is 3.94. The van der Waals surface area contributed by atoms with Gasteiger partial charge in [0.15, 0.2) is 5.16 Å². The van der Waals surface area contributed by atoms with Crippen molar-refractivity contribution in [2.24, 2.45) is 0 Å². The number of hydrazine groups is 1. The number of carbonyl (C=O) groups excluding carboxylic acids is 2. The normalized spacial score (nSPS) is 10.8. The van der Waals surface area contributed by atoms with Crippen molar-refractivity contribution in [2.75, 3.05) is 5.75 Å². The van der Waals surface area contributed by atoms with Crippen molar-refractivity contribution in [3.8, 4) is 0 Å². The number of unbranched alkanes of at least 4 members (excludes halogenated alkanes) is 3. The summed E-state index contributed by atoms with van der Waals surface area (Å²) in [6.45, 7) is 2.65. The summed E-state index contributed by atoms with van der Waals surface area (Å²) in [6, 6.07) is 12.1. The monoisotopic (exact) mass is 456 g/mol. The van der Waals surface area contributed by atoms with Crippen molar-refractivity contribution >= 4 is 34.5 Å². The summed E-state index contributed by atoms with van der Waals surface area (Å²) in [7, 11) is 0. The second-order valence-electron chi connectivity index (χ2n) is 7.23. The van der Waals surface area contributed by atoms with Gasteiger partial charge < -0.3 is 0 Å². The molecule has 7 nitrogen and oxygen atoms in total. The zero-order chi connectivity index (χ0) is 22.9. The SMILES string of the molecule is CCCCCCn1c(SCC(=O)NNC(=O)c2ccc(F)cc2)nc2ccccc2c1=O. The van der Waals surface area contributed by atoms with Crippen LogP contribution in [0.25, 0.3) is 10.9 Å². The third-order valence-electron chi connectivity index (χ3n) is 4.82. The lowest BCUT2D eigenvalue weighted by Gasteiger charge is -2.13. The molecule has 168 valence electrons. The Morgan fingerprint density at radius 2 is 1.78 bits per heavy atom. The molecule has 0 aliphatic carbocycles. The Balaban J connectivity index is 1.65. The van der Waals surface area contributed by atoms with E-state index in [1.165, 1.54) is 12.1 Å². The van der Waals surface area contributed by atoms with E-state index in [2.05, 4.69) is 22.8 Å². The van der Waals surface area contributed by atoms with Gasteiger partial charge in [-0.1, -0.05) is 50.1 Å². The van der Waals surface area contributed by atoms with Crippen LogP contribution in [0.1, 0.15) is 43.0 Å². The van der Waals surface area contributed by atoms with Crippen LogP contribution in [0.2, 0.25) is 0 Å². The molecule has 9 heteroatoms. The maximum atomic E-state index is 13.0. The first-order valence-corrected chi connectivity index (χ1v) is 11.4. The summed E-state index contributed by atoms with van der Waals surface area (Å²) < 4.78 is 14.6. The summed E-state index contributed by atoms with van der Waals surface area (Å²) >= 11 is 1.14. The van der Waals surface area contributed by atoms with Gasteiger partial charge in [0, 0.05) is 12.1 Å². The minimum absolute atomic E-state index is 0.0383. The lowest BCUT2D eigenvalue weighted by atomic mass is 10.2. The Morgan fingerprint density at radius 1 is 1.03 bits per heavy atom. The van der Waals surface area contributed by atoms with Gasteiger partial charge in [0.25, 0.3) is 11.5 Å². The van der Waals surface area contributed by atoms with Gasteiger partial charge in [-0.05, 0) is 42.8 Å². The van der Waals surface area contributed by atoms with E-state index in [1.807, 2.05) is 6.07 Å². The summed E-state index contributed by atoms with van der Waals surface area (Å²) in [5.41, 5.74) is 5.30. The van der Waals surface area contributed by atoms with E-state index in [4.69, 9.17) is 0 Å². The summed E-state index contributed by atoms with van der Waals surface area (Å²) in [5.74, 6) is -1.50. The second kappa shape index (κ2) is 11.4. The number of para-hydroxylation sites is 1. The average molecular weight is 457 g/mol. The minimum atomic E-state index is -0.556. The highest BCUT2D eigenvalue weighted by atomic mass is 32.2. The molecule has 2 amide bonds. The number of rotatable bonds is 9. The molecule has 0 bridgehead atoms. The first-order valence-electron chi connectivity index (χ1n) is 10.5. The summed E-state index contributed by atoms with van der Waals surface area (Å²) in [5, 5.41) is 1.01. The molecular formula is C23H25FN4O3S. The fraction of sp³-hybridized carbons (Fsp3) is 0.304. The molecule has 0 atom stereocenters. The molecule has 1 aromatic heterocycles. The number of hydrogen-bond donors (Lipinski definition) is 2. The van der Waals surface area contributed by atoms with Crippen LogP contribution in [0.3, 0.4) is 0 Å². The zero-order valence-electron chi connectivity index (χ0n) is 17.8. The Labute approximate surface area is 189 Å². The van der Waals surface area contributed by atoms with Gasteiger partial charge in [0.2, 0.25) is 5.91 Å². The van der Waals surface area contributed by atoms with Crippen LogP contribution < -0.4 is 16.4 Å². The fourth-order valence-electron chi connectivity index (χ4n) is 3.12. The molecule has 0 radical (unpaired) electrons. The third kappa shape index (κ3) is 6.16. The molecule has 3 aromatic rings. The van der Waals surface area contributed by atoms with Gasteiger partial charge in [-0.25, -0.2) is 9.37 Å². The van der Waals surface area contributed by atoms with Crippen LogP contribution in [-0.4, -0.2) is 27.1 Å². The van der Waals surface area contributed by atoms with Crippen LogP contribution in [0.4, 0.5) is 4.39 Å². The maximum Gasteiger partial charge on any atom is 0.269 e. The van der Waals surface area contributed by atoms with Crippen molar-refractivity contribution in [2.45, 2.75) is 44.3 Å². The molecule has 2 aromatic carbocycles. The molecule has 0 saturated heterocycles. The van der Waals surface area contributed by atoms with Crippen molar-refractivity contribution in [3.63, 3.8) is 0 Å². The molecule has 0 spiro atoms. The summed E-state index contributed by atoms with van der Waals surface area (Å²) in [6.07, 6.45) is 4.04. The first-order chi connectivity index (χ1) is 15.5. The van der Waals surface area contributed by atoms with Crippen molar-refractivity contribution in [3.05, 3.63) is 70.3 Å². The molecule has 0 fully saturated rings. The van der Waals surface area contributed by atoms with E-state index in [0.717, 1.165) is 49.6 Å². The molecule has 1 heterocycles. The maximum absolute atomic E-state index is 13.0. The highest BCUT2D eigenvalue weighted by Crippen LogP contribution is 2.18. The van der Waals surface area contributed by atoms with Gasteiger partial charge in [0.1, 0.15) is 5.82 Å². The predicted octanol–water partition coefficient (Wildman–Crippen LogP) is 3.67. The molecule has 0 aliphatic rings. The largest absolute Gasteiger partial charge is 0.287 e. The molecule has 3 rings (SSSR count). The molecule has 0 saturated carbocycles. The molecule has 0 aliphatic heterocycles. The third-order valence-corrected chi connectivity index (χ3v) is 5.79. The van der Waals surface area contributed by atoms with Gasteiger partial charge in [-0.15, -0.1) is 0 Å². The number of benzene rings is 2. The lowest BCUT2D eigenvalue weighted by molar-refractivity contribution is -0.119. The van der Waals surface area contributed by atoms with E-state index in [0.29, 0.717) is 22.6 Å². The van der Waals surface area contributed by atoms with Crippen molar-refractivity contribution in [1.82, 2.24) is 20.4 Å². The van der Waals surface area contributed by atoms with Crippen LogP contribution in [0, 0.1) is 5.82 Å². The van der Waals surface area contributed by atoms with E-state index < -0.39 is 17.6 Å². The van der Waals surface area contributed by atoms with Gasteiger partial charge >= 0.3 is 0 Å². The molecular weight excluding hydrogens is 431 g/mol. The minimum Gasteiger partial charge on any atom is -0.287 e.